The lowest BCUT2D eigenvalue weighted by Crippen LogP contribution is -2.27. The normalized spacial score (nSPS) is 18.3. The summed E-state index contributed by atoms with van der Waals surface area (Å²) in [6, 6.07) is 10.7. The van der Waals surface area contributed by atoms with Crippen LogP contribution in [0.1, 0.15) is 38.8 Å². The molecule has 1 atom stereocenters. The summed E-state index contributed by atoms with van der Waals surface area (Å²) in [5, 5.41) is 10.8. The number of likely N-dealkylation sites (tertiary alicyclic amines) is 1. The number of amides is 1. The summed E-state index contributed by atoms with van der Waals surface area (Å²) in [6.07, 6.45) is 2.26. The third-order valence-electron chi connectivity index (χ3n) is 4.01. The van der Waals surface area contributed by atoms with Crippen LogP contribution < -0.4 is 5.32 Å². The molecule has 7 nitrogen and oxygen atoms in total. The summed E-state index contributed by atoms with van der Waals surface area (Å²) in [5.41, 5.74) is 0.776. The molecule has 1 N–H and O–H groups in total. The van der Waals surface area contributed by atoms with E-state index in [0.717, 1.165) is 26.1 Å². The van der Waals surface area contributed by atoms with Gasteiger partial charge in [0.2, 0.25) is 0 Å². The highest BCUT2D eigenvalue weighted by Crippen LogP contribution is 2.23. The van der Waals surface area contributed by atoms with Crippen LogP contribution >= 0.6 is 0 Å². The predicted molar refractivity (Wildman–Crippen MR) is 95.3 cm³/mol. The number of nitrogens with zero attached hydrogens (tertiary/aromatic N) is 4. The number of carbonyl (C=O) groups excluding carboxylic acids is 1. The predicted octanol–water partition coefficient (Wildman–Crippen LogP) is 3.07. The van der Waals surface area contributed by atoms with E-state index < -0.39 is 11.7 Å². The SMILES string of the molecule is CC(C)(C)OC(=O)Nc1cn(C2CCN(Cc3ccccc3)C2)nn1. The van der Waals surface area contributed by atoms with Gasteiger partial charge < -0.3 is 4.74 Å². The first kappa shape index (κ1) is 17.4. The van der Waals surface area contributed by atoms with Crippen LogP contribution in [-0.4, -0.2) is 44.7 Å². The number of carbonyl (C=O) groups is 1. The minimum Gasteiger partial charge on any atom is -0.444 e. The summed E-state index contributed by atoms with van der Waals surface area (Å²) in [4.78, 5) is 14.2. The van der Waals surface area contributed by atoms with Crippen molar-refractivity contribution in [2.75, 3.05) is 18.4 Å². The molecule has 1 aromatic heterocycles. The van der Waals surface area contributed by atoms with Crippen molar-refractivity contribution in [3.05, 3.63) is 42.1 Å². The maximum Gasteiger partial charge on any atom is 0.413 e. The Morgan fingerprint density at radius 1 is 1.32 bits per heavy atom. The number of benzene rings is 1. The van der Waals surface area contributed by atoms with Crippen LogP contribution in [0, 0.1) is 0 Å². The molecule has 1 saturated heterocycles. The van der Waals surface area contributed by atoms with Crippen LogP contribution in [0.3, 0.4) is 0 Å². The van der Waals surface area contributed by atoms with E-state index in [4.69, 9.17) is 4.74 Å². The molecule has 0 bridgehead atoms. The van der Waals surface area contributed by atoms with Gasteiger partial charge in [-0.2, -0.15) is 0 Å². The molecule has 2 aromatic rings. The van der Waals surface area contributed by atoms with Crippen molar-refractivity contribution >= 4 is 11.9 Å². The molecule has 2 heterocycles. The molecule has 1 aliphatic rings. The van der Waals surface area contributed by atoms with E-state index >= 15 is 0 Å². The Kier molecular flexibility index (Phi) is 5.03. The van der Waals surface area contributed by atoms with Crippen molar-refractivity contribution in [2.24, 2.45) is 0 Å². The second kappa shape index (κ2) is 7.23. The highest BCUT2D eigenvalue weighted by atomic mass is 16.6. The fourth-order valence-electron chi connectivity index (χ4n) is 2.93. The zero-order chi connectivity index (χ0) is 17.9. The molecule has 0 radical (unpaired) electrons. The van der Waals surface area contributed by atoms with E-state index in [0.29, 0.717) is 5.82 Å². The first-order chi connectivity index (χ1) is 11.9. The zero-order valence-corrected chi connectivity index (χ0v) is 15.0. The zero-order valence-electron chi connectivity index (χ0n) is 15.0. The Morgan fingerprint density at radius 3 is 2.80 bits per heavy atom. The molecule has 1 fully saturated rings. The van der Waals surface area contributed by atoms with Gasteiger partial charge >= 0.3 is 6.09 Å². The monoisotopic (exact) mass is 343 g/mol. The molecule has 3 rings (SSSR count). The molecule has 0 aliphatic carbocycles. The van der Waals surface area contributed by atoms with Gasteiger partial charge in [0.05, 0.1) is 12.2 Å². The first-order valence-electron chi connectivity index (χ1n) is 8.57. The highest BCUT2D eigenvalue weighted by Gasteiger charge is 2.25. The summed E-state index contributed by atoms with van der Waals surface area (Å²) in [7, 11) is 0. The van der Waals surface area contributed by atoms with Gasteiger partial charge in [0, 0.05) is 19.6 Å². The second-order valence-corrected chi connectivity index (χ2v) is 7.37. The van der Waals surface area contributed by atoms with E-state index in [1.54, 1.807) is 6.20 Å². The lowest BCUT2D eigenvalue weighted by molar-refractivity contribution is 0.0635. The topological polar surface area (TPSA) is 72.3 Å². The second-order valence-electron chi connectivity index (χ2n) is 7.37. The number of nitrogens with one attached hydrogen (secondary N) is 1. The molecule has 0 saturated carbocycles. The molecule has 134 valence electrons. The van der Waals surface area contributed by atoms with Crippen LogP contribution in [-0.2, 0) is 11.3 Å². The molecule has 1 aliphatic heterocycles. The lowest BCUT2D eigenvalue weighted by Gasteiger charge is -2.18. The Hall–Kier alpha value is -2.41. The number of hydrogen-bond donors (Lipinski definition) is 1. The maximum absolute atomic E-state index is 11.8. The molecule has 0 spiro atoms. The Labute approximate surface area is 148 Å². The molecule has 7 heteroatoms. The minimum atomic E-state index is -0.538. The van der Waals surface area contributed by atoms with Crippen LogP contribution in [0.4, 0.5) is 10.6 Å². The lowest BCUT2D eigenvalue weighted by atomic mass is 10.2. The van der Waals surface area contributed by atoms with Gasteiger partial charge in [-0.25, -0.2) is 9.48 Å². The van der Waals surface area contributed by atoms with E-state index in [2.05, 4.69) is 44.8 Å². The van der Waals surface area contributed by atoms with Gasteiger partial charge in [0.1, 0.15) is 5.60 Å². The van der Waals surface area contributed by atoms with E-state index in [1.165, 1.54) is 5.56 Å². The smallest absolute Gasteiger partial charge is 0.413 e. The van der Waals surface area contributed by atoms with Crippen LogP contribution in [0.2, 0.25) is 0 Å². The quantitative estimate of drug-likeness (QED) is 0.924. The third kappa shape index (κ3) is 5.03. The van der Waals surface area contributed by atoms with Gasteiger partial charge in [-0.15, -0.1) is 5.10 Å². The molecule has 25 heavy (non-hydrogen) atoms. The van der Waals surface area contributed by atoms with E-state index in [1.807, 2.05) is 31.5 Å². The Balaban J connectivity index is 1.53. The van der Waals surface area contributed by atoms with Crippen molar-refractivity contribution < 1.29 is 9.53 Å². The van der Waals surface area contributed by atoms with Crippen molar-refractivity contribution in [2.45, 2.75) is 45.4 Å². The van der Waals surface area contributed by atoms with Crippen molar-refractivity contribution in [3.63, 3.8) is 0 Å². The summed E-state index contributed by atoms with van der Waals surface area (Å²) >= 11 is 0. The van der Waals surface area contributed by atoms with Gasteiger partial charge in [0.15, 0.2) is 5.82 Å². The van der Waals surface area contributed by atoms with Crippen LogP contribution in [0.15, 0.2) is 36.5 Å². The average molecular weight is 343 g/mol. The van der Waals surface area contributed by atoms with Gasteiger partial charge in [-0.1, -0.05) is 35.5 Å². The molecular weight excluding hydrogens is 318 g/mol. The van der Waals surface area contributed by atoms with E-state index in [-0.39, 0.29) is 6.04 Å². The minimum absolute atomic E-state index is 0.269. The average Bonchev–Trinajstić information content (AvgIpc) is 3.15. The summed E-state index contributed by atoms with van der Waals surface area (Å²) < 4.78 is 7.06. The number of rotatable bonds is 4. The van der Waals surface area contributed by atoms with Crippen molar-refractivity contribution in [1.82, 2.24) is 19.9 Å². The number of anilines is 1. The van der Waals surface area contributed by atoms with Crippen molar-refractivity contribution in [3.8, 4) is 0 Å². The Bertz CT molecular complexity index is 708. The largest absolute Gasteiger partial charge is 0.444 e. The summed E-state index contributed by atoms with van der Waals surface area (Å²) in [5.74, 6) is 0.413. The number of ether oxygens (including phenoxy) is 1. The first-order valence-corrected chi connectivity index (χ1v) is 8.57. The molecular formula is C18H25N5O2. The Morgan fingerprint density at radius 2 is 2.08 bits per heavy atom. The van der Waals surface area contributed by atoms with Gasteiger partial charge in [0.25, 0.3) is 0 Å². The maximum atomic E-state index is 11.8. The highest BCUT2D eigenvalue weighted by molar-refractivity contribution is 5.83. The van der Waals surface area contributed by atoms with E-state index in [9.17, 15) is 4.79 Å². The number of aromatic nitrogens is 3. The van der Waals surface area contributed by atoms with Crippen molar-refractivity contribution in [1.29, 1.82) is 0 Å². The summed E-state index contributed by atoms with van der Waals surface area (Å²) in [6.45, 7) is 8.35. The standard InChI is InChI=1S/C18H25N5O2/c1-18(2,3)25-17(24)19-16-13-23(21-20-16)15-9-10-22(12-15)11-14-7-5-4-6-8-14/h4-8,13,15H,9-12H2,1-3H3,(H,19,24). The molecule has 1 unspecified atom stereocenters. The molecule has 1 amide bonds. The fourth-order valence-corrected chi connectivity index (χ4v) is 2.93. The van der Waals surface area contributed by atoms with Gasteiger partial charge in [-0.05, 0) is 32.8 Å². The number of hydrogen-bond acceptors (Lipinski definition) is 5. The van der Waals surface area contributed by atoms with Gasteiger partial charge in [-0.3, -0.25) is 10.2 Å². The fraction of sp³-hybridized carbons (Fsp3) is 0.500. The molecule has 1 aromatic carbocycles. The van der Waals surface area contributed by atoms with Crippen LogP contribution in [0.25, 0.3) is 0 Å². The van der Waals surface area contributed by atoms with Crippen LogP contribution in [0.5, 0.6) is 0 Å². The third-order valence-corrected chi connectivity index (χ3v) is 4.01.